The minimum Gasteiger partial charge on any atom is -0.493 e. The van der Waals surface area contributed by atoms with Crippen molar-refractivity contribution in [1.29, 1.82) is 0 Å². The Kier molecular flexibility index (Phi) is 6.08. The van der Waals surface area contributed by atoms with Crippen molar-refractivity contribution in [1.82, 2.24) is 15.3 Å². The minimum atomic E-state index is -0.390. The van der Waals surface area contributed by atoms with E-state index in [0.29, 0.717) is 51.6 Å². The summed E-state index contributed by atoms with van der Waals surface area (Å²) in [6.07, 6.45) is 1.40. The van der Waals surface area contributed by atoms with Gasteiger partial charge in [-0.3, -0.25) is 0 Å². The number of fused-ring (bicyclic) bond motifs is 1. The van der Waals surface area contributed by atoms with Crippen LogP contribution in [0.15, 0.2) is 41.1 Å². The molecule has 2 N–H and O–H groups in total. The van der Waals surface area contributed by atoms with E-state index < -0.39 is 0 Å². The predicted molar refractivity (Wildman–Crippen MR) is 112 cm³/mol. The van der Waals surface area contributed by atoms with Gasteiger partial charge in [0.2, 0.25) is 0 Å². The molecule has 1 saturated heterocycles. The highest BCUT2D eigenvalue weighted by Gasteiger charge is 2.17. The highest BCUT2D eigenvalue weighted by Crippen LogP contribution is 2.35. The van der Waals surface area contributed by atoms with Crippen molar-refractivity contribution in [3.8, 4) is 11.5 Å². The maximum atomic E-state index is 14.2. The molecule has 29 heavy (non-hydrogen) atoms. The van der Waals surface area contributed by atoms with E-state index in [1.165, 1.54) is 12.4 Å². The molecule has 3 aromatic rings. The number of methoxy groups -OCH3 is 1. The average molecular weight is 463 g/mol. The summed E-state index contributed by atoms with van der Waals surface area (Å²) in [4.78, 5) is 8.58. The molecule has 0 saturated carbocycles. The van der Waals surface area contributed by atoms with Gasteiger partial charge in [-0.25, -0.2) is 14.4 Å². The fraction of sp³-hybridized carbons (Fsp3) is 0.300. The molecule has 1 aliphatic heterocycles. The quantitative estimate of drug-likeness (QED) is 0.578. The van der Waals surface area contributed by atoms with Crippen molar-refractivity contribution in [2.24, 2.45) is 0 Å². The molecule has 0 aliphatic carbocycles. The van der Waals surface area contributed by atoms with Gasteiger partial charge < -0.3 is 24.8 Å². The largest absolute Gasteiger partial charge is 0.493 e. The molecule has 1 aliphatic rings. The second kappa shape index (κ2) is 8.89. The summed E-state index contributed by atoms with van der Waals surface area (Å²) in [5, 5.41) is 6.98. The van der Waals surface area contributed by atoms with Gasteiger partial charge in [0.15, 0.2) is 11.5 Å². The number of rotatable bonds is 6. The third kappa shape index (κ3) is 4.58. The van der Waals surface area contributed by atoms with E-state index in [1.807, 2.05) is 0 Å². The molecule has 9 heteroatoms. The summed E-state index contributed by atoms with van der Waals surface area (Å²) in [6.45, 7) is 2.65. The number of aromatic nitrogens is 2. The van der Waals surface area contributed by atoms with Crippen LogP contribution < -0.4 is 20.1 Å². The monoisotopic (exact) mass is 462 g/mol. The highest BCUT2D eigenvalue weighted by molar-refractivity contribution is 9.10. The van der Waals surface area contributed by atoms with E-state index in [9.17, 15) is 4.39 Å². The third-order valence-corrected chi connectivity index (χ3v) is 5.03. The van der Waals surface area contributed by atoms with Crippen molar-refractivity contribution in [3.63, 3.8) is 0 Å². The van der Waals surface area contributed by atoms with Crippen LogP contribution in [0.2, 0.25) is 0 Å². The van der Waals surface area contributed by atoms with Crippen molar-refractivity contribution < 1.29 is 18.6 Å². The van der Waals surface area contributed by atoms with Crippen LogP contribution in [0.5, 0.6) is 11.5 Å². The molecule has 152 valence electrons. The summed E-state index contributed by atoms with van der Waals surface area (Å²) in [5.41, 5.74) is 0.966. The molecule has 1 unspecified atom stereocenters. The molecule has 1 fully saturated rings. The van der Waals surface area contributed by atoms with E-state index in [4.69, 9.17) is 14.2 Å². The summed E-state index contributed by atoms with van der Waals surface area (Å²) < 4.78 is 32.0. The molecule has 7 nitrogen and oxygen atoms in total. The van der Waals surface area contributed by atoms with E-state index in [1.54, 1.807) is 31.4 Å². The smallest absolute Gasteiger partial charge is 0.163 e. The zero-order chi connectivity index (χ0) is 20.2. The van der Waals surface area contributed by atoms with Gasteiger partial charge in [-0.1, -0.05) is 15.9 Å². The normalized spacial score (nSPS) is 16.6. The summed E-state index contributed by atoms with van der Waals surface area (Å²) in [5.74, 6) is 1.18. The number of ether oxygens (including phenoxy) is 3. The van der Waals surface area contributed by atoms with E-state index in [-0.39, 0.29) is 11.9 Å². The number of morpholine rings is 1. The standard InChI is InChI=1S/C20H20BrFN4O3/c1-27-18-7-14-17(8-19(18)29-10-13-9-23-4-5-28-13)24-11-25-20(14)26-16-3-2-12(21)6-15(16)22/h2-3,6-8,11,13,23H,4-5,9-10H2,1H3,(H,24,25,26). The maximum Gasteiger partial charge on any atom is 0.163 e. The van der Waals surface area contributed by atoms with Crippen molar-refractivity contribution >= 4 is 38.3 Å². The van der Waals surface area contributed by atoms with E-state index >= 15 is 0 Å². The van der Waals surface area contributed by atoms with Crippen LogP contribution in [0, 0.1) is 5.82 Å². The Morgan fingerprint density at radius 3 is 2.93 bits per heavy atom. The Morgan fingerprint density at radius 1 is 1.28 bits per heavy atom. The predicted octanol–water partition coefficient (Wildman–Crippen LogP) is 3.65. The SMILES string of the molecule is COc1cc2c(Nc3ccc(Br)cc3F)ncnc2cc1OCC1CNCCO1. The first-order valence-corrected chi connectivity index (χ1v) is 9.93. The number of hydrogen-bond acceptors (Lipinski definition) is 7. The zero-order valence-electron chi connectivity index (χ0n) is 15.7. The number of hydrogen-bond donors (Lipinski definition) is 2. The van der Waals surface area contributed by atoms with Crippen LogP contribution in [0.3, 0.4) is 0 Å². The number of nitrogens with zero attached hydrogens (tertiary/aromatic N) is 2. The second-order valence-electron chi connectivity index (χ2n) is 6.50. The van der Waals surface area contributed by atoms with Crippen LogP contribution in [0.25, 0.3) is 10.9 Å². The van der Waals surface area contributed by atoms with Crippen LogP contribution in [-0.2, 0) is 4.74 Å². The number of benzene rings is 2. The Hall–Kier alpha value is -2.49. The zero-order valence-corrected chi connectivity index (χ0v) is 17.3. The molecule has 2 aromatic carbocycles. The number of halogens is 2. The van der Waals surface area contributed by atoms with Gasteiger partial charge in [-0.05, 0) is 24.3 Å². The lowest BCUT2D eigenvalue weighted by Crippen LogP contribution is -2.41. The van der Waals surface area contributed by atoms with Gasteiger partial charge in [0.25, 0.3) is 0 Å². The lowest BCUT2D eigenvalue weighted by Gasteiger charge is -2.24. The molecule has 0 spiro atoms. The Labute approximate surface area is 175 Å². The average Bonchev–Trinajstić information content (AvgIpc) is 2.74. The highest BCUT2D eigenvalue weighted by atomic mass is 79.9. The molecule has 1 aromatic heterocycles. The fourth-order valence-electron chi connectivity index (χ4n) is 3.06. The van der Waals surface area contributed by atoms with Crippen molar-refractivity contribution in [2.75, 3.05) is 38.7 Å². The first-order chi connectivity index (χ1) is 14.1. The fourth-order valence-corrected chi connectivity index (χ4v) is 3.40. The van der Waals surface area contributed by atoms with Crippen molar-refractivity contribution in [3.05, 3.63) is 46.9 Å². The Morgan fingerprint density at radius 2 is 2.17 bits per heavy atom. The molecule has 0 amide bonds. The summed E-state index contributed by atoms with van der Waals surface area (Å²) in [6, 6.07) is 8.35. The Balaban J connectivity index is 1.62. The van der Waals surface area contributed by atoms with Crippen LogP contribution in [-0.4, -0.2) is 49.5 Å². The van der Waals surface area contributed by atoms with E-state index in [0.717, 1.165) is 13.1 Å². The van der Waals surface area contributed by atoms with Crippen LogP contribution in [0.1, 0.15) is 0 Å². The Bertz CT molecular complexity index is 1010. The molecule has 0 bridgehead atoms. The molecule has 2 heterocycles. The first kappa shape index (κ1) is 19.8. The van der Waals surface area contributed by atoms with Gasteiger partial charge >= 0.3 is 0 Å². The van der Waals surface area contributed by atoms with Crippen LogP contribution in [0.4, 0.5) is 15.9 Å². The van der Waals surface area contributed by atoms with Crippen molar-refractivity contribution in [2.45, 2.75) is 6.10 Å². The maximum absolute atomic E-state index is 14.2. The molecule has 0 radical (unpaired) electrons. The molecular weight excluding hydrogens is 443 g/mol. The molecule has 1 atom stereocenters. The number of anilines is 2. The van der Waals surface area contributed by atoms with Gasteiger partial charge in [0, 0.05) is 29.0 Å². The van der Waals surface area contributed by atoms with Gasteiger partial charge in [0.05, 0.1) is 24.9 Å². The van der Waals surface area contributed by atoms with E-state index in [2.05, 4.69) is 36.5 Å². The second-order valence-corrected chi connectivity index (χ2v) is 7.42. The lowest BCUT2D eigenvalue weighted by atomic mass is 10.2. The first-order valence-electron chi connectivity index (χ1n) is 9.14. The van der Waals surface area contributed by atoms with Gasteiger partial charge in [0.1, 0.15) is 30.7 Å². The lowest BCUT2D eigenvalue weighted by molar-refractivity contribution is -0.000235. The minimum absolute atomic E-state index is 0.0211. The topological polar surface area (TPSA) is 77.5 Å². The van der Waals surface area contributed by atoms with Gasteiger partial charge in [-0.2, -0.15) is 0 Å². The van der Waals surface area contributed by atoms with Gasteiger partial charge in [-0.15, -0.1) is 0 Å². The molecule has 4 rings (SSSR count). The van der Waals surface area contributed by atoms with Crippen LogP contribution >= 0.6 is 15.9 Å². The third-order valence-electron chi connectivity index (χ3n) is 4.53. The number of nitrogens with one attached hydrogen (secondary N) is 2. The summed E-state index contributed by atoms with van der Waals surface area (Å²) >= 11 is 3.26. The summed E-state index contributed by atoms with van der Waals surface area (Å²) in [7, 11) is 1.57. The molecular formula is C20H20BrFN4O3.